The summed E-state index contributed by atoms with van der Waals surface area (Å²) < 4.78 is 33.1. The topological polar surface area (TPSA) is 70.7 Å². The number of hydrogen-bond acceptors (Lipinski definition) is 4. The summed E-state index contributed by atoms with van der Waals surface area (Å²) in [4.78, 5) is 0. The molecule has 0 aliphatic carbocycles. The average molecular weight is 291 g/mol. The van der Waals surface area contributed by atoms with Gasteiger partial charge in [-0.2, -0.15) is 17.4 Å². The van der Waals surface area contributed by atoms with Crippen LogP contribution in [0, 0.1) is 5.92 Å². The lowest BCUT2D eigenvalue weighted by molar-refractivity contribution is 0.201. The van der Waals surface area contributed by atoms with Crippen LogP contribution >= 0.6 is 0 Å². The highest BCUT2D eigenvalue weighted by atomic mass is 32.2. The Kier molecular flexibility index (Phi) is 5.58. The lowest BCUT2D eigenvalue weighted by Crippen LogP contribution is -2.48. The molecule has 2 N–H and O–H groups in total. The molecule has 0 aromatic heterocycles. The number of piperidine rings is 1. The molecule has 19 heavy (non-hydrogen) atoms. The molecule has 7 heteroatoms. The molecule has 2 aliphatic heterocycles. The van der Waals surface area contributed by atoms with E-state index in [4.69, 9.17) is 4.74 Å². The number of nitrogens with one attached hydrogen (secondary N) is 2. The highest BCUT2D eigenvalue weighted by Crippen LogP contribution is 2.26. The second-order valence-corrected chi connectivity index (χ2v) is 7.09. The Labute approximate surface area is 116 Å². The van der Waals surface area contributed by atoms with Gasteiger partial charge in [0.1, 0.15) is 0 Å². The quantitative estimate of drug-likeness (QED) is 0.672. The van der Waals surface area contributed by atoms with Crippen LogP contribution in [0.1, 0.15) is 25.7 Å². The number of nitrogens with zero attached hydrogens (tertiary/aromatic N) is 1. The Morgan fingerprint density at radius 3 is 2.63 bits per heavy atom. The number of rotatable bonds is 6. The maximum absolute atomic E-state index is 12.0. The fourth-order valence-electron chi connectivity index (χ4n) is 3.00. The van der Waals surface area contributed by atoms with Crippen LogP contribution in [0.25, 0.3) is 0 Å². The Bertz CT molecular complexity index is 360. The largest absolute Gasteiger partial charge is 0.383 e. The molecule has 2 fully saturated rings. The number of ether oxygens (including phenoxy) is 1. The van der Waals surface area contributed by atoms with Crippen LogP contribution in [0.2, 0.25) is 0 Å². The van der Waals surface area contributed by atoms with Crippen LogP contribution in [0.3, 0.4) is 0 Å². The lowest BCUT2D eigenvalue weighted by Gasteiger charge is -2.34. The first kappa shape index (κ1) is 15.2. The van der Waals surface area contributed by atoms with E-state index in [9.17, 15) is 8.42 Å². The summed E-state index contributed by atoms with van der Waals surface area (Å²) in [5, 5.41) is 3.52. The van der Waals surface area contributed by atoms with Gasteiger partial charge in [0.2, 0.25) is 0 Å². The predicted octanol–water partition coefficient (Wildman–Crippen LogP) is -0.0688. The van der Waals surface area contributed by atoms with Gasteiger partial charge in [0.25, 0.3) is 10.2 Å². The SMILES string of the molecule is COCCNS(=O)(=O)N1CCC(C2CCCN2)CC1. The third-order valence-corrected chi connectivity index (χ3v) is 5.71. The first-order chi connectivity index (χ1) is 9.13. The predicted molar refractivity (Wildman–Crippen MR) is 74.1 cm³/mol. The van der Waals surface area contributed by atoms with Crippen LogP contribution in [-0.4, -0.2) is 58.7 Å². The smallest absolute Gasteiger partial charge is 0.279 e. The zero-order chi connectivity index (χ0) is 13.7. The van der Waals surface area contributed by atoms with E-state index in [1.807, 2.05) is 0 Å². The van der Waals surface area contributed by atoms with Gasteiger partial charge in [-0.1, -0.05) is 0 Å². The minimum absolute atomic E-state index is 0.336. The minimum atomic E-state index is -3.32. The summed E-state index contributed by atoms with van der Waals surface area (Å²) in [6.45, 7) is 3.11. The van der Waals surface area contributed by atoms with Crippen LogP contribution in [0.15, 0.2) is 0 Å². The van der Waals surface area contributed by atoms with Gasteiger partial charge in [0.15, 0.2) is 0 Å². The van der Waals surface area contributed by atoms with E-state index in [1.54, 1.807) is 11.4 Å². The van der Waals surface area contributed by atoms with E-state index in [0.29, 0.717) is 38.2 Å². The van der Waals surface area contributed by atoms with Crippen molar-refractivity contribution < 1.29 is 13.2 Å². The van der Waals surface area contributed by atoms with Gasteiger partial charge in [0.05, 0.1) is 6.61 Å². The monoisotopic (exact) mass is 291 g/mol. The minimum Gasteiger partial charge on any atom is -0.383 e. The van der Waals surface area contributed by atoms with E-state index in [2.05, 4.69) is 10.0 Å². The molecule has 1 unspecified atom stereocenters. The molecule has 2 rings (SSSR count). The molecule has 0 amide bonds. The second-order valence-electron chi connectivity index (χ2n) is 5.33. The van der Waals surface area contributed by atoms with Crippen molar-refractivity contribution in [1.82, 2.24) is 14.3 Å². The van der Waals surface area contributed by atoms with Crippen LogP contribution in [0.5, 0.6) is 0 Å². The second kappa shape index (κ2) is 6.99. The molecule has 2 heterocycles. The van der Waals surface area contributed by atoms with E-state index >= 15 is 0 Å². The van der Waals surface area contributed by atoms with Gasteiger partial charge in [-0.25, -0.2) is 0 Å². The van der Waals surface area contributed by atoms with Crippen molar-refractivity contribution >= 4 is 10.2 Å². The Morgan fingerprint density at radius 2 is 2.05 bits per heavy atom. The summed E-state index contributed by atoms with van der Waals surface area (Å²) in [6.07, 6.45) is 4.41. The van der Waals surface area contributed by atoms with Crippen molar-refractivity contribution in [2.75, 3.05) is 39.9 Å². The molecular weight excluding hydrogens is 266 g/mol. The third-order valence-electron chi connectivity index (χ3n) is 4.10. The molecule has 2 saturated heterocycles. The zero-order valence-corrected chi connectivity index (χ0v) is 12.4. The Balaban J connectivity index is 1.78. The van der Waals surface area contributed by atoms with Gasteiger partial charge >= 0.3 is 0 Å². The van der Waals surface area contributed by atoms with Gasteiger partial charge in [-0.3, -0.25) is 0 Å². The van der Waals surface area contributed by atoms with Crippen LogP contribution in [-0.2, 0) is 14.9 Å². The number of hydrogen-bond donors (Lipinski definition) is 2. The molecule has 0 aromatic carbocycles. The van der Waals surface area contributed by atoms with Gasteiger partial charge < -0.3 is 10.1 Å². The average Bonchev–Trinajstić information content (AvgIpc) is 2.93. The van der Waals surface area contributed by atoms with E-state index in [1.165, 1.54) is 12.8 Å². The molecule has 0 spiro atoms. The first-order valence-corrected chi connectivity index (χ1v) is 8.54. The summed E-state index contributed by atoms with van der Waals surface area (Å²) >= 11 is 0. The van der Waals surface area contributed by atoms with E-state index in [-0.39, 0.29) is 0 Å². The van der Waals surface area contributed by atoms with Crippen molar-refractivity contribution in [2.45, 2.75) is 31.7 Å². The van der Waals surface area contributed by atoms with Crippen LogP contribution < -0.4 is 10.0 Å². The Morgan fingerprint density at radius 1 is 1.32 bits per heavy atom. The third kappa shape index (κ3) is 4.13. The van der Waals surface area contributed by atoms with Crippen molar-refractivity contribution in [3.05, 3.63) is 0 Å². The van der Waals surface area contributed by atoms with E-state index < -0.39 is 10.2 Å². The fourth-order valence-corrected chi connectivity index (χ4v) is 4.21. The molecule has 0 aromatic rings. The molecule has 0 saturated carbocycles. The maximum atomic E-state index is 12.0. The number of methoxy groups -OCH3 is 1. The van der Waals surface area contributed by atoms with Crippen molar-refractivity contribution in [3.63, 3.8) is 0 Å². The summed E-state index contributed by atoms with van der Waals surface area (Å²) in [5.41, 5.74) is 0. The fraction of sp³-hybridized carbons (Fsp3) is 1.00. The summed E-state index contributed by atoms with van der Waals surface area (Å²) in [5.74, 6) is 0.632. The van der Waals surface area contributed by atoms with Crippen molar-refractivity contribution in [3.8, 4) is 0 Å². The van der Waals surface area contributed by atoms with Crippen molar-refractivity contribution in [2.24, 2.45) is 5.92 Å². The summed E-state index contributed by atoms with van der Waals surface area (Å²) in [6, 6.07) is 0.603. The molecule has 0 radical (unpaired) electrons. The highest BCUT2D eigenvalue weighted by molar-refractivity contribution is 7.87. The van der Waals surface area contributed by atoms with Gasteiger partial charge in [0, 0.05) is 32.8 Å². The lowest BCUT2D eigenvalue weighted by atomic mass is 9.89. The highest BCUT2D eigenvalue weighted by Gasteiger charge is 2.32. The molecule has 2 aliphatic rings. The molecule has 6 nitrogen and oxygen atoms in total. The van der Waals surface area contributed by atoms with Gasteiger partial charge in [-0.15, -0.1) is 0 Å². The van der Waals surface area contributed by atoms with E-state index in [0.717, 1.165) is 19.4 Å². The molecule has 1 atom stereocenters. The maximum Gasteiger partial charge on any atom is 0.279 e. The molecule has 112 valence electrons. The van der Waals surface area contributed by atoms with Crippen molar-refractivity contribution in [1.29, 1.82) is 0 Å². The zero-order valence-electron chi connectivity index (χ0n) is 11.6. The Hall–Kier alpha value is -0.210. The molecule has 0 bridgehead atoms. The first-order valence-electron chi connectivity index (χ1n) is 7.10. The van der Waals surface area contributed by atoms with Crippen LogP contribution in [0.4, 0.5) is 0 Å². The van der Waals surface area contributed by atoms with Gasteiger partial charge in [-0.05, 0) is 38.1 Å². The molecular formula is C12H25N3O3S. The standard InChI is InChI=1S/C12H25N3O3S/c1-18-10-7-14-19(16,17)15-8-4-11(5-9-15)12-3-2-6-13-12/h11-14H,2-10H2,1H3. The normalized spacial score (nSPS) is 26.9. The summed E-state index contributed by atoms with van der Waals surface area (Å²) in [7, 11) is -1.76.